The summed E-state index contributed by atoms with van der Waals surface area (Å²) in [6.45, 7) is 0.695. The first kappa shape index (κ1) is 15.5. The third kappa shape index (κ3) is 4.08. The van der Waals surface area contributed by atoms with Crippen molar-refractivity contribution < 1.29 is 0 Å². The Hall–Kier alpha value is -1.40. The van der Waals surface area contributed by atoms with Crippen LogP contribution in [0.3, 0.4) is 0 Å². The molecule has 1 aromatic rings. The second-order valence-electron chi connectivity index (χ2n) is 6.17. The SMILES string of the molecule is S=C(NCc1ccccc1)NNC(=S)N[C@@H]1C[C@H]2CC[C@@H]1C2. The van der Waals surface area contributed by atoms with Crippen LogP contribution in [-0.4, -0.2) is 16.3 Å². The maximum atomic E-state index is 5.33. The number of nitrogens with one attached hydrogen (secondary N) is 4. The zero-order valence-electron chi connectivity index (χ0n) is 12.5. The van der Waals surface area contributed by atoms with Crippen LogP contribution in [0, 0.1) is 11.8 Å². The number of hydrazine groups is 1. The van der Waals surface area contributed by atoms with Gasteiger partial charge in [0.1, 0.15) is 0 Å². The van der Waals surface area contributed by atoms with Crippen LogP contribution in [0.2, 0.25) is 0 Å². The van der Waals surface area contributed by atoms with Crippen molar-refractivity contribution in [2.45, 2.75) is 38.3 Å². The lowest BCUT2D eigenvalue weighted by Gasteiger charge is -2.24. The highest BCUT2D eigenvalue weighted by Crippen LogP contribution is 2.44. The average Bonchev–Trinajstić information content (AvgIpc) is 3.14. The number of thiocarbonyl (C=S) groups is 2. The van der Waals surface area contributed by atoms with E-state index in [1.807, 2.05) is 18.2 Å². The number of hydrogen-bond acceptors (Lipinski definition) is 2. The summed E-state index contributed by atoms with van der Waals surface area (Å²) in [5.74, 6) is 1.71. The molecule has 4 nitrogen and oxygen atoms in total. The molecular weight excluding hydrogens is 312 g/mol. The monoisotopic (exact) mass is 334 g/mol. The van der Waals surface area contributed by atoms with Crippen LogP contribution in [-0.2, 0) is 6.54 Å². The van der Waals surface area contributed by atoms with E-state index in [2.05, 4.69) is 33.6 Å². The van der Waals surface area contributed by atoms with Crippen LogP contribution < -0.4 is 21.5 Å². The van der Waals surface area contributed by atoms with Gasteiger partial charge in [-0.05, 0) is 61.1 Å². The fourth-order valence-electron chi connectivity index (χ4n) is 3.56. The van der Waals surface area contributed by atoms with E-state index >= 15 is 0 Å². The Kier molecular flexibility index (Phi) is 5.10. The zero-order valence-corrected chi connectivity index (χ0v) is 14.1. The van der Waals surface area contributed by atoms with E-state index < -0.39 is 0 Å². The summed E-state index contributed by atoms with van der Waals surface area (Å²) in [6.07, 6.45) is 5.36. The summed E-state index contributed by atoms with van der Waals surface area (Å²) in [4.78, 5) is 0. The summed E-state index contributed by atoms with van der Waals surface area (Å²) in [7, 11) is 0. The molecule has 118 valence electrons. The first-order chi connectivity index (χ1) is 10.7. The Morgan fingerprint density at radius 3 is 2.45 bits per heavy atom. The van der Waals surface area contributed by atoms with Crippen LogP contribution in [0.5, 0.6) is 0 Å². The van der Waals surface area contributed by atoms with Gasteiger partial charge in [-0.3, -0.25) is 10.9 Å². The van der Waals surface area contributed by atoms with E-state index in [0.717, 1.165) is 11.8 Å². The van der Waals surface area contributed by atoms with Gasteiger partial charge in [-0.1, -0.05) is 36.8 Å². The predicted molar refractivity (Wildman–Crippen MR) is 97.1 cm³/mol. The standard InChI is InChI=1S/C16H22N4S2/c21-15(17-10-11-4-2-1-3-5-11)19-20-16(22)18-14-9-12-6-7-13(14)8-12/h1-5,12-14H,6-10H2,(H2,17,19,21)(H2,18,20,22)/t12-,13+,14+/m0/s1. The van der Waals surface area contributed by atoms with Crippen molar-refractivity contribution in [2.24, 2.45) is 11.8 Å². The molecule has 0 aliphatic heterocycles. The van der Waals surface area contributed by atoms with Crippen LogP contribution in [0.4, 0.5) is 0 Å². The summed E-state index contributed by atoms with van der Waals surface area (Å²) in [5.41, 5.74) is 7.10. The van der Waals surface area contributed by atoms with Gasteiger partial charge in [0.05, 0.1) is 0 Å². The van der Waals surface area contributed by atoms with E-state index in [9.17, 15) is 0 Å². The Balaban J connectivity index is 1.33. The molecule has 4 N–H and O–H groups in total. The molecule has 2 bridgehead atoms. The van der Waals surface area contributed by atoms with Gasteiger partial charge in [0.25, 0.3) is 0 Å². The normalized spacial score (nSPS) is 25.5. The van der Waals surface area contributed by atoms with Gasteiger partial charge in [-0.25, -0.2) is 0 Å². The van der Waals surface area contributed by atoms with E-state index in [1.165, 1.54) is 31.2 Å². The van der Waals surface area contributed by atoms with Crippen LogP contribution in [0.25, 0.3) is 0 Å². The van der Waals surface area contributed by atoms with E-state index in [-0.39, 0.29) is 0 Å². The summed E-state index contributed by atoms with van der Waals surface area (Å²) >= 11 is 10.6. The lowest BCUT2D eigenvalue weighted by atomic mass is 9.96. The van der Waals surface area contributed by atoms with Gasteiger partial charge in [-0.15, -0.1) is 0 Å². The molecule has 0 amide bonds. The second kappa shape index (κ2) is 7.24. The van der Waals surface area contributed by atoms with Gasteiger partial charge in [0.15, 0.2) is 10.2 Å². The fraction of sp³-hybridized carbons (Fsp3) is 0.500. The third-order valence-corrected chi connectivity index (χ3v) is 5.11. The molecule has 2 saturated carbocycles. The molecule has 0 heterocycles. The maximum Gasteiger partial charge on any atom is 0.185 e. The van der Waals surface area contributed by atoms with E-state index in [0.29, 0.717) is 22.8 Å². The molecular formula is C16H22N4S2. The molecule has 0 saturated heterocycles. The summed E-state index contributed by atoms with van der Waals surface area (Å²) < 4.78 is 0. The highest BCUT2D eigenvalue weighted by Gasteiger charge is 2.39. The number of fused-ring (bicyclic) bond motifs is 2. The van der Waals surface area contributed by atoms with Crippen molar-refractivity contribution in [3.05, 3.63) is 35.9 Å². The molecule has 0 unspecified atom stereocenters. The zero-order chi connectivity index (χ0) is 15.4. The third-order valence-electron chi connectivity index (χ3n) is 4.64. The predicted octanol–water partition coefficient (Wildman–Crippen LogP) is 2.22. The Labute approximate surface area is 142 Å². The number of benzene rings is 1. The quantitative estimate of drug-likeness (QED) is 0.502. The van der Waals surface area contributed by atoms with Crippen molar-refractivity contribution in [1.82, 2.24) is 21.5 Å². The van der Waals surface area contributed by atoms with Gasteiger partial charge in [-0.2, -0.15) is 0 Å². The van der Waals surface area contributed by atoms with E-state index in [1.54, 1.807) is 0 Å². The van der Waals surface area contributed by atoms with Crippen molar-refractivity contribution >= 4 is 34.7 Å². The molecule has 2 aliphatic rings. The Morgan fingerprint density at radius 1 is 1.00 bits per heavy atom. The van der Waals surface area contributed by atoms with Crippen LogP contribution >= 0.6 is 24.4 Å². The first-order valence-electron chi connectivity index (χ1n) is 7.85. The van der Waals surface area contributed by atoms with Crippen LogP contribution in [0.1, 0.15) is 31.2 Å². The molecule has 22 heavy (non-hydrogen) atoms. The molecule has 1 aromatic carbocycles. The van der Waals surface area contributed by atoms with Crippen molar-refractivity contribution in [2.75, 3.05) is 0 Å². The first-order valence-corrected chi connectivity index (χ1v) is 8.66. The molecule has 3 rings (SSSR count). The average molecular weight is 335 g/mol. The van der Waals surface area contributed by atoms with Crippen molar-refractivity contribution in [3.63, 3.8) is 0 Å². The van der Waals surface area contributed by atoms with Crippen molar-refractivity contribution in [1.29, 1.82) is 0 Å². The lowest BCUT2D eigenvalue weighted by molar-refractivity contribution is 0.389. The second-order valence-corrected chi connectivity index (χ2v) is 6.99. The minimum absolute atomic E-state index is 0.534. The van der Waals surface area contributed by atoms with Gasteiger partial charge >= 0.3 is 0 Å². The summed E-state index contributed by atoms with van der Waals surface area (Å²) in [6, 6.07) is 10.7. The topological polar surface area (TPSA) is 48.1 Å². The molecule has 2 fully saturated rings. The van der Waals surface area contributed by atoms with Crippen LogP contribution in [0.15, 0.2) is 30.3 Å². The lowest BCUT2D eigenvalue weighted by Crippen LogP contribution is -2.52. The Morgan fingerprint density at radius 2 is 1.77 bits per heavy atom. The number of hydrogen-bond donors (Lipinski definition) is 4. The molecule has 0 aromatic heterocycles. The minimum Gasteiger partial charge on any atom is -0.358 e. The maximum absolute atomic E-state index is 5.33. The molecule has 0 spiro atoms. The number of rotatable bonds is 3. The minimum atomic E-state index is 0.534. The Bertz CT molecular complexity index is 534. The molecule has 2 aliphatic carbocycles. The molecule has 3 atom stereocenters. The van der Waals surface area contributed by atoms with Gasteiger partial charge < -0.3 is 10.6 Å². The highest BCUT2D eigenvalue weighted by molar-refractivity contribution is 7.80. The molecule has 0 radical (unpaired) electrons. The largest absolute Gasteiger partial charge is 0.358 e. The van der Waals surface area contributed by atoms with Gasteiger partial charge in [0, 0.05) is 12.6 Å². The smallest absolute Gasteiger partial charge is 0.185 e. The molecule has 6 heteroatoms. The fourth-order valence-corrected chi connectivity index (χ4v) is 3.89. The van der Waals surface area contributed by atoms with E-state index in [4.69, 9.17) is 24.4 Å². The van der Waals surface area contributed by atoms with Crippen molar-refractivity contribution in [3.8, 4) is 0 Å². The highest BCUT2D eigenvalue weighted by atomic mass is 32.1. The van der Waals surface area contributed by atoms with Gasteiger partial charge in [0.2, 0.25) is 0 Å². The summed E-state index contributed by atoms with van der Waals surface area (Å²) in [5, 5.41) is 7.72.